The van der Waals surface area contributed by atoms with Crippen molar-refractivity contribution in [1.82, 2.24) is 0 Å². The number of hydrogen-bond acceptors (Lipinski definition) is 0. The Hall–Kier alpha value is -0.260. The molecule has 0 saturated carbocycles. The van der Waals surface area contributed by atoms with Gasteiger partial charge in [-0.05, 0) is 19.8 Å². The van der Waals surface area contributed by atoms with Gasteiger partial charge in [0.05, 0.1) is 0 Å². The Morgan fingerprint density at radius 3 is 2.62 bits per heavy atom. The lowest BCUT2D eigenvalue weighted by Crippen LogP contribution is -1.76. The molecule has 8 heavy (non-hydrogen) atoms. The highest BCUT2D eigenvalue weighted by Crippen LogP contribution is 2.03. The smallest absolute Gasteiger partial charge is 0.0295 e. The Kier molecular flexibility index (Phi) is 4.73. The molecule has 0 amide bonds. The molecule has 0 aliphatic heterocycles. The summed E-state index contributed by atoms with van der Waals surface area (Å²) >= 11 is 0. The van der Waals surface area contributed by atoms with Crippen LogP contribution in [0.3, 0.4) is 0 Å². The maximum absolute atomic E-state index is 3.80. The summed E-state index contributed by atoms with van der Waals surface area (Å²) in [6.07, 6.45) is 5.86. The van der Waals surface area contributed by atoms with Crippen LogP contribution < -0.4 is 0 Å². The molecule has 0 bridgehead atoms. The van der Waals surface area contributed by atoms with Gasteiger partial charge in [0, 0.05) is 0 Å². The molecule has 0 aromatic heterocycles. The second kappa shape index (κ2) is 4.89. The van der Waals surface area contributed by atoms with Gasteiger partial charge < -0.3 is 0 Å². The highest BCUT2D eigenvalue weighted by molar-refractivity contribution is 4.93. The van der Waals surface area contributed by atoms with Crippen molar-refractivity contribution in [1.29, 1.82) is 0 Å². The topological polar surface area (TPSA) is 0 Å². The van der Waals surface area contributed by atoms with E-state index in [1.807, 2.05) is 0 Å². The van der Waals surface area contributed by atoms with Gasteiger partial charge >= 0.3 is 0 Å². The first-order valence-electron chi connectivity index (χ1n) is 3.23. The summed E-state index contributed by atoms with van der Waals surface area (Å²) in [5.41, 5.74) is 1.26. The van der Waals surface area contributed by atoms with Gasteiger partial charge in [-0.25, -0.2) is 0 Å². The van der Waals surface area contributed by atoms with Gasteiger partial charge in [0.1, 0.15) is 0 Å². The lowest BCUT2D eigenvalue weighted by Gasteiger charge is -1.94. The zero-order valence-electron chi connectivity index (χ0n) is 5.91. The normalized spacial score (nSPS) is 9.25. The fourth-order valence-electron chi connectivity index (χ4n) is 0.553. The van der Waals surface area contributed by atoms with Crippen LogP contribution in [0.15, 0.2) is 12.2 Å². The molecule has 0 N–H and O–H groups in total. The summed E-state index contributed by atoms with van der Waals surface area (Å²) in [5, 5.41) is 0. The Balaban J connectivity index is 2.82. The Morgan fingerprint density at radius 1 is 1.62 bits per heavy atom. The van der Waals surface area contributed by atoms with Crippen molar-refractivity contribution in [3.63, 3.8) is 0 Å². The van der Waals surface area contributed by atoms with E-state index in [-0.39, 0.29) is 0 Å². The lowest BCUT2D eigenvalue weighted by molar-refractivity contribution is 0.861. The Bertz CT molecular complexity index is 62.4. The lowest BCUT2D eigenvalue weighted by atomic mass is 10.1. The van der Waals surface area contributed by atoms with E-state index < -0.39 is 0 Å². The van der Waals surface area contributed by atoms with E-state index in [1.54, 1.807) is 0 Å². The van der Waals surface area contributed by atoms with E-state index in [0.717, 1.165) is 6.42 Å². The molecule has 0 aliphatic carbocycles. The van der Waals surface area contributed by atoms with Gasteiger partial charge in [0.2, 0.25) is 0 Å². The molecule has 0 heteroatoms. The molecule has 1 radical (unpaired) electrons. The molecule has 0 atom stereocenters. The summed E-state index contributed by atoms with van der Waals surface area (Å²) in [7, 11) is 0. The third-order valence-electron chi connectivity index (χ3n) is 0.986. The predicted molar refractivity (Wildman–Crippen MR) is 38.6 cm³/mol. The number of rotatable bonds is 4. The minimum absolute atomic E-state index is 1.09. The van der Waals surface area contributed by atoms with E-state index in [1.165, 1.54) is 18.4 Å². The average molecular weight is 111 g/mol. The molecule has 0 aliphatic rings. The maximum atomic E-state index is 3.80. The fraction of sp³-hybridized carbons (Fsp3) is 0.625. The van der Waals surface area contributed by atoms with Crippen molar-refractivity contribution in [2.24, 2.45) is 0 Å². The van der Waals surface area contributed by atoms with Crippen molar-refractivity contribution in [3.05, 3.63) is 18.6 Å². The third kappa shape index (κ3) is 5.74. The summed E-state index contributed by atoms with van der Waals surface area (Å²) < 4.78 is 0. The summed E-state index contributed by atoms with van der Waals surface area (Å²) in [6, 6.07) is 0. The second-order valence-electron chi connectivity index (χ2n) is 2.24. The van der Waals surface area contributed by atoms with Gasteiger partial charge in [-0.15, -0.1) is 6.58 Å². The quantitative estimate of drug-likeness (QED) is 0.386. The molecule has 0 fully saturated rings. The largest absolute Gasteiger partial charge is 0.100 e. The van der Waals surface area contributed by atoms with E-state index >= 15 is 0 Å². The summed E-state index contributed by atoms with van der Waals surface area (Å²) in [5.74, 6) is 0. The van der Waals surface area contributed by atoms with Crippen molar-refractivity contribution in [2.75, 3.05) is 0 Å². The van der Waals surface area contributed by atoms with Crippen LogP contribution in [0.1, 0.15) is 33.1 Å². The van der Waals surface area contributed by atoms with E-state index in [9.17, 15) is 0 Å². The van der Waals surface area contributed by atoms with Gasteiger partial charge in [-0.1, -0.05) is 25.3 Å². The SMILES string of the molecule is C=C(C)C[CH]CCC. The minimum atomic E-state index is 1.09. The molecule has 0 unspecified atom stereocenters. The average Bonchev–Trinajstić information content (AvgIpc) is 1.66. The molecule has 0 aromatic carbocycles. The van der Waals surface area contributed by atoms with Crippen LogP contribution in [0.25, 0.3) is 0 Å². The van der Waals surface area contributed by atoms with Crippen LogP contribution in [0.2, 0.25) is 0 Å². The third-order valence-corrected chi connectivity index (χ3v) is 0.986. The monoisotopic (exact) mass is 111 g/mol. The number of allylic oxidation sites excluding steroid dienone is 1. The molecular weight excluding hydrogens is 96.1 g/mol. The molecule has 0 nitrogen and oxygen atoms in total. The van der Waals surface area contributed by atoms with E-state index in [0.29, 0.717) is 0 Å². The minimum Gasteiger partial charge on any atom is -0.100 e. The summed E-state index contributed by atoms with van der Waals surface area (Å²) in [6.45, 7) is 8.05. The zero-order valence-corrected chi connectivity index (χ0v) is 5.91. The van der Waals surface area contributed by atoms with Gasteiger partial charge in [0.25, 0.3) is 0 Å². The predicted octanol–water partition coefficient (Wildman–Crippen LogP) is 2.96. The van der Waals surface area contributed by atoms with Crippen molar-refractivity contribution in [3.8, 4) is 0 Å². The molecule has 0 aromatic rings. The van der Waals surface area contributed by atoms with Crippen LogP contribution in [0.5, 0.6) is 0 Å². The van der Waals surface area contributed by atoms with Crippen molar-refractivity contribution >= 4 is 0 Å². The van der Waals surface area contributed by atoms with Gasteiger partial charge in [0.15, 0.2) is 0 Å². The van der Waals surface area contributed by atoms with Crippen LogP contribution in [-0.2, 0) is 0 Å². The first-order chi connectivity index (χ1) is 3.77. The molecule has 0 heterocycles. The maximum Gasteiger partial charge on any atom is -0.0295 e. The van der Waals surface area contributed by atoms with Crippen molar-refractivity contribution in [2.45, 2.75) is 33.1 Å². The highest BCUT2D eigenvalue weighted by atomic mass is 13.9. The van der Waals surface area contributed by atoms with Crippen LogP contribution in [0.4, 0.5) is 0 Å². The van der Waals surface area contributed by atoms with Crippen LogP contribution in [-0.4, -0.2) is 0 Å². The van der Waals surface area contributed by atoms with Crippen LogP contribution in [0, 0.1) is 6.42 Å². The van der Waals surface area contributed by atoms with Gasteiger partial charge in [-0.3, -0.25) is 0 Å². The highest BCUT2D eigenvalue weighted by Gasteiger charge is 1.84. The molecule has 0 spiro atoms. The second-order valence-corrected chi connectivity index (χ2v) is 2.24. The van der Waals surface area contributed by atoms with Crippen molar-refractivity contribution < 1.29 is 0 Å². The van der Waals surface area contributed by atoms with E-state index in [4.69, 9.17) is 0 Å². The fourth-order valence-corrected chi connectivity index (χ4v) is 0.553. The summed E-state index contributed by atoms with van der Waals surface area (Å²) in [4.78, 5) is 0. The Labute approximate surface area is 52.6 Å². The molecule has 47 valence electrons. The molecule has 0 rings (SSSR count). The van der Waals surface area contributed by atoms with Gasteiger partial charge in [-0.2, -0.15) is 0 Å². The first-order valence-corrected chi connectivity index (χ1v) is 3.23. The van der Waals surface area contributed by atoms with Crippen LogP contribution >= 0.6 is 0 Å². The molecule has 0 saturated heterocycles. The first kappa shape index (κ1) is 7.74. The van der Waals surface area contributed by atoms with E-state index in [2.05, 4.69) is 26.8 Å². The number of hydrogen-bond donors (Lipinski definition) is 0. The Morgan fingerprint density at radius 2 is 2.25 bits per heavy atom. The standard InChI is InChI=1S/C8H15/c1-4-5-6-7-8(2)3/h6H,2,4-5,7H2,1,3H3. The number of unbranched alkanes of at least 4 members (excludes halogenated alkanes) is 2. The zero-order chi connectivity index (χ0) is 6.41. The molecular formula is C8H15.